The van der Waals surface area contributed by atoms with Crippen LogP contribution in [-0.2, 0) is 0 Å². The highest BCUT2D eigenvalue weighted by Gasteiger charge is 2.10. The van der Waals surface area contributed by atoms with Crippen molar-refractivity contribution in [2.75, 3.05) is 5.32 Å². The molecule has 0 saturated heterocycles. The van der Waals surface area contributed by atoms with Crippen molar-refractivity contribution in [3.05, 3.63) is 54.3 Å². The van der Waals surface area contributed by atoms with Gasteiger partial charge in [0.25, 0.3) is 0 Å². The maximum Gasteiger partial charge on any atom is 0.247 e. The van der Waals surface area contributed by atoms with Crippen LogP contribution in [0.4, 0.5) is 5.69 Å². The van der Waals surface area contributed by atoms with Crippen LogP contribution in [-0.4, -0.2) is 10.2 Å². The molecule has 2 aromatic heterocycles. The second kappa shape index (κ2) is 5.21. The first-order valence-corrected chi connectivity index (χ1v) is 6.40. The minimum absolute atomic E-state index is 0.182. The Labute approximate surface area is 116 Å². The average Bonchev–Trinajstić information content (AvgIpc) is 3.14. The number of nitrogens with one attached hydrogen (secondary N) is 1. The third kappa shape index (κ3) is 2.42. The highest BCUT2D eigenvalue weighted by atomic mass is 16.4. The fraction of sp³-hybridized carbons (Fsp3) is 0.200. The molecule has 5 heteroatoms. The van der Waals surface area contributed by atoms with Crippen LogP contribution in [0.15, 0.2) is 52.0 Å². The number of aryl methyl sites for hydroxylation is 1. The minimum Gasteiger partial charge on any atom is -0.472 e. The van der Waals surface area contributed by atoms with Crippen LogP contribution < -0.4 is 5.32 Å². The molecule has 20 heavy (non-hydrogen) atoms. The molecule has 0 aliphatic carbocycles. The molecular weight excluding hydrogens is 254 g/mol. The molecule has 2 heterocycles. The number of rotatable bonds is 4. The summed E-state index contributed by atoms with van der Waals surface area (Å²) in [4.78, 5) is 0. The third-order valence-electron chi connectivity index (χ3n) is 3.25. The van der Waals surface area contributed by atoms with Gasteiger partial charge in [-0.3, -0.25) is 0 Å². The van der Waals surface area contributed by atoms with Gasteiger partial charge < -0.3 is 14.2 Å². The van der Waals surface area contributed by atoms with E-state index in [-0.39, 0.29) is 6.04 Å². The van der Waals surface area contributed by atoms with Crippen molar-refractivity contribution in [3.63, 3.8) is 0 Å². The standard InChI is InChI=1S/C15H15N3O2/c1-10-7-12(15-18-16-9-20-15)3-4-14(10)17-11(2)13-5-6-19-8-13/h3-9,11,17H,1-2H3. The summed E-state index contributed by atoms with van der Waals surface area (Å²) in [5, 5.41) is 11.1. The molecule has 1 atom stereocenters. The molecule has 0 aliphatic heterocycles. The molecule has 0 fully saturated rings. The van der Waals surface area contributed by atoms with Crippen LogP contribution in [0.2, 0.25) is 0 Å². The molecule has 0 aliphatic rings. The quantitative estimate of drug-likeness (QED) is 0.780. The summed E-state index contributed by atoms with van der Waals surface area (Å²) in [5.74, 6) is 0.530. The lowest BCUT2D eigenvalue weighted by Gasteiger charge is -2.16. The first-order chi connectivity index (χ1) is 9.74. The van der Waals surface area contributed by atoms with Crippen LogP contribution in [0.3, 0.4) is 0 Å². The Morgan fingerprint density at radius 3 is 2.80 bits per heavy atom. The first kappa shape index (κ1) is 12.5. The molecule has 5 nitrogen and oxygen atoms in total. The molecule has 3 rings (SSSR count). The molecule has 0 saturated carbocycles. The maximum atomic E-state index is 5.20. The number of benzene rings is 1. The Balaban J connectivity index is 1.81. The average molecular weight is 269 g/mol. The van der Waals surface area contributed by atoms with Gasteiger partial charge >= 0.3 is 0 Å². The summed E-state index contributed by atoms with van der Waals surface area (Å²) in [6.45, 7) is 4.14. The van der Waals surface area contributed by atoms with Crippen LogP contribution in [0.1, 0.15) is 24.1 Å². The molecule has 1 N–H and O–H groups in total. The van der Waals surface area contributed by atoms with E-state index in [4.69, 9.17) is 8.83 Å². The lowest BCUT2D eigenvalue weighted by atomic mass is 10.1. The van der Waals surface area contributed by atoms with E-state index in [9.17, 15) is 0 Å². The van der Waals surface area contributed by atoms with Gasteiger partial charge in [-0.15, -0.1) is 10.2 Å². The monoisotopic (exact) mass is 269 g/mol. The topological polar surface area (TPSA) is 64.1 Å². The lowest BCUT2D eigenvalue weighted by Crippen LogP contribution is -2.06. The molecule has 0 amide bonds. The van der Waals surface area contributed by atoms with Gasteiger partial charge in [-0.2, -0.15) is 0 Å². The Morgan fingerprint density at radius 2 is 2.15 bits per heavy atom. The van der Waals surface area contributed by atoms with Crippen LogP contribution in [0, 0.1) is 6.92 Å². The number of aromatic nitrogens is 2. The zero-order chi connectivity index (χ0) is 13.9. The molecule has 0 bridgehead atoms. The number of nitrogens with zero attached hydrogens (tertiary/aromatic N) is 2. The second-order valence-corrected chi connectivity index (χ2v) is 4.70. The van der Waals surface area contributed by atoms with E-state index in [1.165, 1.54) is 6.39 Å². The normalized spacial score (nSPS) is 12.3. The van der Waals surface area contributed by atoms with Crippen molar-refractivity contribution in [2.24, 2.45) is 0 Å². The van der Waals surface area contributed by atoms with Gasteiger partial charge in [0.1, 0.15) is 0 Å². The van der Waals surface area contributed by atoms with Crippen molar-refractivity contribution < 1.29 is 8.83 Å². The second-order valence-electron chi connectivity index (χ2n) is 4.70. The van der Waals surface area contributed by atoms with E-state index >= 15 is 0 Å². The van der Waals surface area contributed by atoms with E-state index in [1.54, 1.807) is 12.5 Å². The Bertz CT molecular complexity index is 675. The molecule has 1 aromatic carbocycles. The number of hydrogen-bond donors (Lipinski definition) is 1. The zero-order valence-electron chi connectivity index (χ0n) is 11.3. The molecule has 0 spiro atoms. The van der Waals surface area contributed by atoms with Crippen LogP contribution >= 0.6 is 0 Å². The van der Waals surface area contributed by atoms with Crippen LogP contribution in [0.5, 0.6) is 0 Å². The largest absolute Gasteiger partial charge is 0.472 e. The molecular formula is C15H15N3O2. The van der Waals surface area contributed by atoms with Crippen LogP contribution in [0.25, 0.3) is 11.5 Å². The SMILES string of the molecule is Cc1cc(-c2nnco2)ccc1NC(C)c1ccoc1. The predicted octanol–water partition coefficient (Wildman–Crippen LogP) is 3.81. The van der Waals surface area contributed by atoms with Gasteiger partial charge in [0.15, 0.2) is 0 Å². The molecule has 0 radical (unpaired) electrons. The van der Waals surface area contributed by atoms with E-state index in [2.05, 4.69) is 22.4 Å². The van der Waals surface area contributed by atoms with Crippen molar-refractivity contribution in [2.45, 2.75) is 19.9 Å². The van der Waals surface area contributed by atoms with E-state index < -0.39 is 0 Å². The fourth-order valence-corrected chi connectivity index (χ4v) is 2.10. The van der Waals surface area contributed by atoms with Crippen molar-refractivity contribution in [3.8, 4) is 11.5 Å². The number of anilines is 1. The Hall–Kier alpha value is -2.56. The number of furan rings is 1. The van der Waals surface area contributed by atoms with Crippen molar-refractivity contribution in [1.82, 2.24) is 10.2 Å². The minimum atomic E-state index is 0.182. The molecule has 3 aromatic rings. The summed E-state index contributed by atoms with van der Waals surface area (Å²) >= 11 is 0. The van der Waals surface area contributed by atoms with Gasteiger partial charge in [0.05, 0.1) is 18.6 Å². The van der Waals surface area contributed by atoms with Gasteiger partial charge in [0, 0.05) is 16.8 Å². The zero-order valence-corrected chi connectivity index (χ0v) is 11.3. The Morgan fingerprint density at radius 1 is 1.25 bits per heavy atom. The predicted molar refractivity (Wildman–Crippen MR) is 75.2 cm³/mol. The fourth-order valence-electron chi connectivity index (χ4n) is 2.10. The van der Waals surface area contributed by atoms with Gasteiger partial charge in [-0.05, 0) is 43.7 Å². The lowest BCUT2D eigenvalue weighted by molar-refractivity contribution is 0.562. The third-order valence-corrected chi connectivity index (χ3v) is 3.25. The highest BCUT2D eigenvalue weighted by Crippen LogP contribution is 2.26. The molecule has 1 unspecified atom stereocenters. The number of hydrogen-bond acceptors (Lipinski definition) is 5. The van der Waals surface area contributed by atoms with Gasteiger partial charge in [0.2, 0.25) is 12.3 Å². The summed E-state index contributed by atoms with van der Waals surface area (Å²) in [6, 6.07) is 8.15. The molecule has 102 valence electrons. The maximum absolute atomic E-state index is 5.20. The highest BCUT2D eigenvalue weighted by molar-refractivity contribution is 5.62. The summed E-state index contributed by atoms with van der Waals surface area (Å²) in [5.41, 5.74) is 4.23. The smallest absolute Gasteiger partial charge is 0.247 e. The van der Waals surface area contributed by atoms with Crippen molar-refractivity contribution >= 4 is 5.69 Å². The van der Waals surface area contributed by atoms with Gasteiger partial charge in [-0.1, -0.05) is 0 Å². The summed E-state index contributed by atoms with van der Waals surface area (Å²) < 4.78 is 10.3. The van der Waals surface area contributed by atoms with E-state index in [0.29, 0.717) is 5.89 Å². The Kier molecular flexibility index (Phi) is 3.25. The van der Waals surface area contributed by atoms with E-state index in [0.717, 1.165) is 22.4 Å². The van der Waals surface area contributed by atoms with E-state index in [1.807, 2.05) is 31.2 Å². The summed E-state index contributed by atoms with van der Waals surface area (Å²) in [7, 11) is 0. The van der Waals surface area contributed by atoms with Crippen molar-refractivity contribution in [1.29, 1.82) is 0 Å². The van der Waals surface area contributed by atoms with Gasteiger partial charge in [-0.25, -0.2) is 0 Å². The first-order valence-electron chi connectivity index (χ1n) is 6.40. The summed E-state index contributed by atoms with van der Waals surface area (Å²) in [6.07, 6.45) is 4.76.